The Hall–Kier alpha value is 0.120. The third-order valence-electron chi connectivity index (χ3n) is 2.27. The van der Waals surface area contributed by atoms with E-state index in [0.717, 1.165) is 0 Å². The number of hydrogen-bond acceptors (Lipinski definition) is 5. The predicted octanol–water partition coefficient (Wildman–Crippen LogP) is 3.04. The maximum absolute atomic E-state index is 5.69. The van der Waals surface area contributed by atoms with Gasteiger partial charge in [-0.15, -0.1) is 0 Å². The Morgan fingerprint density at radius 3 is 1.58 bits per heavy atom. The fourth-order valence-electron chi connectivity index (χ4n) is 1.50. The summed E-state index contributed by atoms with van der Waals surface area (Å²) in [7, 11) is 0. The standard InChI is InChI=1S/C10H10Cl4O5/c11-7(12)5-9(17-3-1-15-5)19-10-6(8(13)14)16-2-4-18-10/h9-10H,1-4H2. The highest BCUT2D eigenvalue weighted by Crippen LogP contribution is 2.30. The zero-order valence-corrected chi connectivity index (χ0v) is 12.6. The largest absolute Gasteiger partial charge is 0.488 e. The molecule has 2 unspecified atom stereocenters. The van der Waals surface area contributed by atoms with E-state index < -0.39 is 12.6 Å². The Balaban J connectivity index is 2.10. The van der Waals surface area contributed by atoms with Crippen LogP contribution in [0.1, 0.15) is 0 Å². The lowest BCUT2D eigenvalue weighted by atomic mass is 10.4. The normalized spacial score (nSPS) is 27.6. The Morgan fingerprint density at radius 2 is 1.21 bits per heavy atom. The molecule has 0 spiro atoms. The van der Waals surface area contributed by atoms with Crippen LogP contribution in [0.4, 0.5) is 0 Å². The highest BCUT2D eigenvalue weighted by atomic mass is 35.5. The zero-order valence-electron chi connectivity index (χ0n) is 9.54. The molecule has 0 N–H and O–H groups in total. The Morgan fingerprint density at radius 1 is 0.789 bits per heavy atom. The van der Waals surface area contributed by atoms with Crippen LogP contribution in [0.5, 0.6) is 0 Å². The van der Waals surface area contributed by atoms with Crippen molar-refractivity contribution in [1.29, 1.82) is 0 Å². The number of ether oxygens (including phenoxy) is 5. The highest BCUT2D eigenvalue weighted by molar-refractivity contribution is 6.56. The van der Waals surface area contributed by atoms with Crippen LogP contribution in [0.15, 0.2) is 20.5 Å². The van der Waals surface area contributed by atoms with Gasteiger partial charge in [0, 0.05) is 0 Å². The van der Waals surface area contributed by atoms with Crippen LogP contribution < -0.4 is 0 Å². The Bertz CT molecular complexity index is 353. The quantitative estimate of drug-likeness (QED) is 0.765. The highest BCUT2D eigenvalue weighted by Gasteiger charge is 2.33. The second kappa shape index (κ2) is 7.22. The van der Waals surface area contributed by atoms with Crippen LogP contribution in [0.25, 0.3) is 0 Å². The average Bonchev–Trinajstić information content (AvgIpc) is 2.39. The number of halogens is 4. The van der Waals surface area contributed by atoms with Gasteiger partial charge < -0.3 is 23.7 Å². The Labute approximate surface area is 129 Å². The van der Waals surface area contributed by atoms with E-state index in [-0.39, 0.29) is 20.5 Å². The van der Waals surface area contributed by atoms with Crippen molar-refractivity contribution >= 4 is 46.4 Å². The first kappa shape index (κ1) is 15.5. The van der Waals surface area contributed by atoms with E-state index in [4.69, 9.17) is 70.1 Å². The smallest absolute Gasteiger partial charge is 0.222 e. The zero-order chi connectivity index (χ0) is 13.8. The van der Waals surface area contributed by atoms with Gasteiger partial charge >= 0.3 is 0 Å². The molecular formula is C10H10Cl4O5. The van der Waals surface area contributed by atoms with E-state index in [9.17, 15) is 0 Å². The Kier molecular flexibility index (Phi) is 5.89. The van der Waals surface area contributed by atoms with Crippen molar-refractivity contribution in [1.82, 2.24) is 0 Å². The molecular weight excluding hydrogens is 342 g/mol. The first-order chi connectivity index (χ1) is 9.09. The monoisotopic (exact) mass is 350 g/mol. The topological polar surface area (TPSA) is 46.2 Å². The van der Waals surface area contributed by atoms with Gasteiger partial charge in [-0.25, -0.2) is 0 Å². The minimum absolute atomic E-state index is 0.0797. The molecule has 0 aromatic heterocycles. The molecule has 2 aliphatic heterocycles. The third kappa shape index (κ3) is 4.04. The molecule has 0 aromatic rings. The second-order valence-corrected chi connectivity index (χ2v) is 5.39. The molecule has 19 heavy (non-hydrogen) atoms. The third-order valence-corrected chi connectivity index (χ3v) is 3.01. The van der Waals surface area contributed by atoms with Crippen molar-refractivity contribution in [2.24, 2.45) is 0 Å². The van der Waals surface area contributed by atoms with E-state index in [2.05, 4.69) is 0 Å². The van der Waals surface area contributed by atoms with Gasteiger partial charge in [0.2, 0.25) is 12.6 Å². The van der Waals surface area contributed by atoms with Gasteiger partial charge in [0.25, 0.3) is 0 Å². The van der Waals surface area contributed by atoms with Crippen molar-refractivity contribution < 1.29 is 23.7 Å². The van der Waals surface area contributed by atoms with Crippen LogP contribution in [0, 0.1) is 0 Å². The first-order valence-electron chi connectivity index (χ1n) is 5.34. The summed E-state index contributed by atoms with van der Waals surface area (Å²) in [6.07, 6.45) is -1.82. The maximum atomic E-state index is 5.69. The molecule has 0 aliphatic carbocycles. The van der Waals surface area contributed by atoms with Gasteiger partial charge in [-0.05, 0) is 0 Å². The minimum atomic E-state index is -0.909. The van der Waals surface area contributed by atoms with E-state index in [0.29, 0.717) is 26.4 Å². The van der Waals surface area contributed by atoms with Gasteiger partial charge in [-0.1, -0.05) is 46.4 Å². The van der Waals surface area contributed by atoms with Crippen molar-refractivity contribution in [3.63, 3.8) is 0 Å². The molecule has 5 nitrogen and oxygen atoms in total. The molecule has 2 aliphatic rings. The predicted molar refractivity (Wildman–Crippen MR) is 69.9 cm³/mol. The summed E-state index contributed by atoms with van der Waals surface area (Å²) in [5.74, 6) is 0.350. The first-order valence-corrected chi connectivity index (χ1v) is 6.85. The number of hydrogen-bond donors (Lipinski definition) is 0. The fourth-order valence-corrected chi connectivity index (χ4v) is 2.08. The molecule has 2 rings (SSSR count). The summed E-state index contributed by atoms with van der Waals surface area (Å²) in [6, 6.07) is 0. The van der Waals surface area contributed by atoms with E-state index in [1.54, 1.807) is 0 Å². The van der Waals surface area contributed by atoms with Crippen LogP contribution in [-0.4, -0.2) is 39.0 Å². The maximum Gasteiger partial charge on any atom is 0.222 e. The van der Waals surface area contributed by atoms with E-state index in [1.165, 1.54) is 0 Å². The summed E-state index contributed by atoms with van der Waals surface area (Å²) in [6.45, 7) is 1.32. The van der Waals surface area contributed by atoms with Gasteiger partial charge in [0.15, 0.2) is 11.5 Å². The minimum Gasteiger partial charge on any atom is -0.488 e. The van der Waals surface area contributed by atoms with Gasteiger partial charge in [0.1, 0.15) is 22.2 Å². The van der Waals surface area contributed by atoms with Crippen molar-refractivity contribution in [2.75, 3.05) is 26.4 Å². The molecule has 2 saturated heterocycles. The lowest BCUT2D eigenvalue weighted by Crippen LogP contribution is -2.38. The van der Waals surface area contributed by atoms with Crippen LogP contribution in [0.2, 0.25) is 0 Å². The van der Waals surface area contributed by atoms with Crippen LogP contribution in [-0.2, 0) is 23.7 Å². The van der Waals surface area contributed by atoms with Crippen molar-refractivity contribution in [3.05, 3.63) is 20.5 Å². The van der Waals surface area contributed by atoms with Gasteiger partial charge in [0.05, 0.1) is 13.2 Å². The molecule has 2 fully saturated rings. The molecule has 0 bridgehead atoms. The lowest BCUT2D eigenvalue weighted by molar-refractivity contribution is -0.268. The summed E-state index contributed by atoms with van der Waals surface area (Å²) < 4.78 is 26.7. The molecule has 108 valence electrons. The molecule has 0 radical (unpaired) electrons. The van der Waals surface area contributed by atoms with E-state index >= 15 is 0 Å². The molecule has 9 heteroatoms. The fraction of sp³-hybridized carbons (Fsp3) is 0.600. The number of rotatable bonds is 2. The average molecular weight is 352 g/mol. The van der Waals surface area contributed by atoms with Crippen LogP contribution >= 0.6 is 46.4 Å². The summed E-state index contributed by atoms with van der Waals surface area (Å²) in [5, 5.41) is 0. The lowest BCUT2D eigenvalue weighted by Gasteiger charge is -2.32. The molecule has 2 atom stereocenters. The van der Waals surface area contributed by atoms with Crippen molar-refractivity contribution in [3.8, 4) is 0 Å². The second-order valence-electron chi connectivity index (χ2n) is 3.49. The molecule has 0 saturated carbocycles. The molecule has 2 heterocycles. The SMILES string of the molecule is ClC(Cl)=C1OCCOC1OC1OCCOC1=C(Cl)Cl. The molecule has 0 amide bonds. The van der Waals surface area contributed by atoms with Crippen LogP contribution in [0.3, 0.4) is 0 Å². The molecule has 0 aromatic carbocycles. The summed E-state index contributed by atoms with van der Waals surface area (Å²) >= 11 is 22.8. The van der Waals surface area contributed by atoms with Crippen molar-refractivity contribution in [2.45, 2.75) is 12.6 Å². The van der Waals surface area contributed by atoms with Gasteiger partial charge in [-0.3, -0.25) is 0 Å². The van der Waals surface area contributed by atoms with E-state index in [1.807, 2.05) is 0 Å². The summed E-state index contributed by atoms with van der Waals surface area (Å²) in [4.78, 5) is 0. The van der Waals surface area contributed by atoms with Gasteiger partial charge in [-0.2, -0.15) is 0 Å². The summed E-state index contributed by atoms with van der Waals surface area (Å²) in [5.41, 5.74) is 0.